The molecule has 1 aliphatic heterocycles. The highest BCUT2D eigenvalue weighted by molar-refractivity contribution is 8.01. The van der Waals surface area contributed by atoms with Crippen molar-refractivity contribution in [3.8, 4) is 0 Å². The van der Waals surface area contributed by atoms with Crippen LogP contribution in [-0.2, 0) is 0 Å². The minimum absolute atomic E-state index is 0.535. The number of nitrogens with two attached hydrogens (primary N) is 1. The molecule has 2 fully saturated rings. The molecule has 2 N–H and O–H groups in total. The summed E-state index contributed by atoms with van der Waals surface area (Å²) in [6.45, 7) is 0. The van der Waals surface area contributed by atoms with E-state index in [1.807, 2.05) is 0 Å². The number of thioether (sulfide) groups is 1. The molecule has 0 aromatic rings. The fraction of sp³-hybridized carbons (Fsp3) is 1.00. The fourth-order valence-corrected chi connectivity index (χ4v) is 2.64. The minimum Gasteiger partial charge on any atom is -0.326 e. The summed E-state index contributed by atoms with van der Waals surface area (Å²) in [7, 11) is 0. The standard InChI is InChI=1S/C8H15NS/c9-8(6-2-1-3-6)7-4-5-10-7/h6-8H,1-5,9H2. The van der Waals surface area contributed by atoms with Crippen LogP contribution in [-0.4, -0.2) is 17.0 Å². The minimum atomic E-state index is 0.535. The Hall–Kier alpha value is 0.310. The van der Waals surface area contributed by atoms with Gasteiger partial charge in [-0.05, 0) is 30.9 Å². The van der Waals surface area contributed by atoms with Crippen molar-refractivity contribution in [3.05, 3.63) is 0 Å². The lowest BCUT2D eigenvalue weighted by molar-refractivity contribution is 0.253. The quantitative estimate of drug-likeness (QED) is 0.659. The van der Waals surface area contributed by atoms with Gasteiger partial charge in [-0.2, -0.15) is 11.8 Å². The van der Waals surface area contributed by atoms with Crippen LogP contribution in [0.4, 0.5) is 0 Å². The summed E-state index contributed by atoms with van der Waals surface area (Å²) >= 11 is 2.07. The predicted molar refractivity (Wildman–Crippen MR) is 46.2 cm³/mol. The Labute approximate surface area is 66.7 Å². The molecule has 2 aliphatic rings. The van der Waals surface area contributed by atoms with Crippen LogP contribution in [0.1, 0.15) is 25.7 Å². The van der Waals surface area contributed by atoms with Crippen LogP contribution in [0, 0.1) is 5.92 Å². The van der Waals surface area contributed by atoms with Crippen molar-refractivity contribution >= 4 is 11.8 Å². The summed E-state index contributed by atoms with van der Waals surface area (Å²) < 4.78 is 0. The molecule has 0 aromatic carbocycles. The molecule has 1 heterocycles. The van der Waals surface area contributed by atoms with Gasteiger partial charge >= 0.3 is 0 Å². The molecule has 1 saturated carbocycles. The summed E-state index contributed by atoms with van der Waals surface area (Å²) in [6, 6.07) is 0.535. The molecular formula is C8H15NS. The van der Waals surface area contributed by atoms with Crippen molar-refractivity contribution in [1.82, 2.24) is 0 Å². The van der Waals surface area contributed by atoms with Crippen molar-refractivity contribution in [2.75, 3.05) is 5.75 Å². The third-order valence-corrected chi connectivity index (χ3v) is 4.31. The maximum atomic E-state index is 6.06. The van der Waals surface area contributed by atoms with E-state index in [0.29, 0.717) is 6.04 Å². The first-order valence-corrected chi connectivity index (χ1v) is 5.30. The van der Waals surface area contributed by atoms with Crippen LogP contribution in [0.2, 0.25) is 0 Å². The monoisotopic (exact) mass is 157 g/mol. The average Bonchev–Trinajstić information content (AvgIpc) is 1.52. The molecule has 2 heteroatoms. The second kappa shape index (κ2) is 2.74. The summed E-state index contributed by atoms with van der Waals surface area (Å²) in [5.74, 6) is 2.24. The molecule has 2 rings (SSSR count). The van der Waals surface area contributed by atoms with Gasteiger partial charge in [-0.3, -0.25) is 0 Å². The second-order valence-corrected chi connectivity index (χ2v) is 4.81. The normalized spacial score (nSPS) is 36.3. The number of hydrogen-bond donors (Lipinski definition) is 1. The van der Waals surface area contributed by atoms with Gasteiger partial charge < -0.3 is 5.73 Å². The van der Waals surface area contributed by atoms with E-state index in [4.69, 9.17) is 5.73 Å². The van der Waals surface area contributed by atoms with Gasteiger partial charge in [0.05, 0.1) is 0 Å². The van der Waals surface area contributed by atoms with Gasteiger partial charge in [0, 0.05) is 11.3 Å². The summed E-state index contributed by atoms with van der Waals surface area (Å²) in [6.07, 6.45) is 5.61. The highest BCUT2D eigenvalue weighted by Crippen LogP contribution is 2.38. The Kier molecular flexibility index (Phi) is 1.92. The highest BCUT2D eigenvalue weighted by atomic mass is 32.2. The molecule has 0 bridgehead atoms. The molecule has 58 valence electrons. The zero-order valence-electron chi connectivity index (χ0n) is 6.25. The Morgan fingerprint density at radius 3 is 2.30 bits per heavy atom. The zero-order chi connectivity index (χ0) is 6.97. The van der Waals surface area contributed by atoms with E-state index in [1.165, 1.54) is 31.4 Å². The van der Waals surface area contributed by atoms with E-state index >= 15 is 0 Å². The van der Waals surface area contributed by atoms with Gasteiger partial charge in [0.15, 0.2) is 0 Å². The fourth-order valence-electron chi connectivity index (χ4n) is 1.69. The molecule has 10 heavy (non-hydrogen) atoms. The van der Waals surface area contributed by atoms with E-state index < -0.39 is 0 Å². The molecule has 1 nitrogen and oxygen atoms in total. The average molecular weight is 157 g/mol. The van der Waals surface area contributed by atoms with Crippen molar-refractivity contribution in [2.45, 2.75) is 37.0 Å². The van der Waals surface area contributed by atoms with Crippen LogP contribution < -0.4 is 5.73 Å². The lowest BCUT2D eigenvalue weighted by Gasteiger charge is -2.39. The Bertz CT molecular complexity index is 104. The van der Waals surface area contributed by atoms with Crippen molar-refractivity contribution in [3.63, 3.8) is 0 Å². The van der Waals surface area contributed by atoms with E-state index in [0.717, 1.165) is 11.2 Å². The van der Waals surface area contributed by atoms with Crippen LogP contribution in [0.15, 0.2) is 0 Å². The molecule has 2 unspecified atom stereocenters. The molecule has 0 spiro atoms. The largest absolute Gasteiger partial charge is 0.326 e. The summed E-state index contributed by atoms with van der Waals surface area (Å²) in [4.78, 5) is 0. The topological polar surface area (TPSA) is 26.0 Å². The van der Waals surface area contributed by atoms with Crippen molar-refractivity contribution in [2.24, 2.45) is 11.7 Å². The first-order chi connectivity index (χ1) is 4.88. The molecule has 0 aromatic heterocycles. The van der Waals surface area contributed by atoms with Gasteiger partial charge in [-0.15, -0.1) is 0 Å². The summed E-state index contributed by atoms with van der Waals surface area (Å²) in [5, 5.41) is 0.824. The molecule has 1 saturated heterocycles. The van der Waals surface area contributed by atoms with Gasteiger partial charge in [0.25, 0.3) is 0 Å². The van der Waals surface area contributed by atoms with E-state index in [-0.39, 0.29) is 0 Å². The maximum Gasteiger partial charge on any atom is 0.0209 e. The first kappa shape index (κ1) is 6.99. The Balaban J connectivity index is 1.79. The molecular weight excluding hydrogens is 142 g/mol. The van der Waals surface area contributed by atoms with Gasteiger partial charge in [0.1, 0.15) is 0 Å². The SMILES string of the molecule is NC(C1CCC1)C1CCS1. The van der Waals surface area contributed by atoms with Gasteiger partial charge in [-0.1, -0.05) is 6.42 Å². The molecule has 1 aliphatic carbocycles. The predicted octanol–water partition coefficient (Wildman–Crippen LogP) is 1.62. The summed E-state index contributed by atoms with van der Waals surface area (Å²) in [5.41, 5.74) is 6.06. The molecule has 0 radical (unpaired) electrons. The zero-order valence-corrected chi connectivity index (χ0v) is 7.07. The van der Waals surface area contributed by atoms with Crippen LogP contribution in [0.3, 0.4) is 0 Å². The van der Waals surface area contributed by atoms with Gasteiger partial charge in [0.2, 0.25) is 0 Å². The highest BCUT2D eigenvalue weighted by Gasteiger charge is 2.33. The smallest absolute Gasteiger partial charge is 0.0209 e. The number of rotatable bonds is 2. The number of hydrogen-bond acceptors (Lipinski definition) is 2. The maximum absolute atomic E-state index is 6.06. The first-order valence-electron chi connectivity index (χ1n) is 4.25. The van der Waals surface area contributed by atoms with E-state index in [9.17, 15) is 0 Å². The Morgan fingerprint density at radius 1 is 1.30 bits per heavy atom. The Morgan fingerprint density at radius 2 is 2.00 bits per heavy atom. The molecule has 0 amide bonds. The third-order valence-electron chi connectivity index (χ3n) is 2.86. The van der Waals surface area contributed by atoms with Crippen LogP contribution in [0.5, 0.6) is 0 Å². The lowest BCUT2D eigenvalue weighted by Crippen LogP contribution is -2.45. The van der Waals surface area contributed by atoms with E-state index in [2.05, 4.69) is 11.8 Å². The van der Waals surface area contributed by atoms with Gasteiger partial charge in [-0.25, -0.2) is 0 Å². The lowest BCUT2D eigenvalue weighted by atomic mass is 9.78. The second-order valence-electron chi connectivity index (χ2n) is 3.47. The van der Waals surface area contributed by atoms with Crippen molar-refractivity contribution < 1.29 is 0 Å². The third kappa shape index (κ3) is 1.08. The van der Waals surface area contributed by atoms with Crippen LogP contribution in [0.25, 0.3) is 0 Å². The van der Waals surface area contributed by atoms with Crippen LogP contribution >= 0.6 is 11.8 Å². The van der Waals surface area contributed by atoms with E-state index in [1.54, 1.807) is 0 Å². The molecule has 2 atom stereocenters. The van der Waals surface area contributed by atoms with Crippen molar-refractivity contribution in [1.29, 1.82) is 0 Å².